The number of carbonyl (C=O) groups excluding carboxylic acids is 1. The molecule has 0 aliphatic heterocycles. The van der Waals surface area contributed by atoms with E-state index in [1.54, 1.807) is 12.1 Å². The molecular formula is C9H6Br2N4O. The molecule has 5 nitrogen and oxygen atoms in total. The smallest absolute Gasteiger partial charge is 0.292 e. The fourth-order valence-corrected chi connectivity index (χ4v) is 1.70. The maximum atomic E-state index is 11.6. The molecule has 0 aliphatic rings. The van der Waals surface area contributed by atoms with E-state index in [4.69, 9.17) is 0 Å². The van der Waals surface area contributed by atoms with Gasteiger partial charge in [0.15, 0.2) is 0 Å². The lowest BCUT2D eigenvalue weighted by molar-refractivity contribution is 0.101. The summed E-state index contributed by atoms with van der Waals surface area (Å²) in [5, 5.41) is 8.78. The zero-order chi connectivity index (χ0) is 11.5. The molecule has 82 valence electrons. The quantitative estimate of drug-likeness (QED) is 0.878. The van der Waals surface area contributed by atoms with Crippen LogP contribution in [0.4, 0.5) is 5.69 Å². The second-order valence-corrected chi connectivity index (χ2v) is 4.63. The lowest BCUT2D eigenvalue weighted by Crippen LogP contribution is -2.13. The number of H-pyrrole nitrogens is 1. The van der Waals surface area contributed by atoms with E-state index in [-0.39, 0.29) is 11.7 Å². The first-order valence-corrected chi connectivity index (χ1v) is 5.87. The second-order valence-electron chi connectivity index (χ2n) is 2.92. The lowest BCUT2D eigenvalue weighted by Gasteiger charge is -2.04. The third kappa shape index (κ3) is 2.48. The summed E-state index contributed by atoms with van der Waals surface area (Å²) in [7, 11) is 0. The van der Waals surface area contributed by atoms with E-state index < -0.39 is 0 Å². The van der Waals surface area contributed by atoms with Gasteiger partial charge in [0.25, 0.3) is 5.91 Å². The Kier molecular flexibility index (Phi) is 3.35. The molecular weight excluding hydrogens is 340 g/mol. The van der Waals surface area contributed by atoms with Crippen LogP contribution in [0, 0.1) is 0 Å². The molecule has 0 bridgehead atoms. The van der Waals surface area contributed by atoms with Gasteiger partial charge in [0.2, 0.25) is 5.82 Å². The molecule has 0 radical (unpaired) electrons. The van der Waals surface area contributed by atoms with Crippen LogP contribution in [-0.4, -0.2) is 21.1 Å². The third-order valence-electron chi connectivity index (χ3n) is 1.81. The number of aromatic amines is 1. The highest BCUT2D eigenvalue weighted by atomic mass is 79.9. The van der Waals surface area contributed by atoms with Gasteiger partial charge in [-0.15, -0.1) is 0 Å². The molecule has 1 aromatic heterocycles. The van der Waals surface area contributed by atoms with Crippen molar-refractivity contribution in [1.29, 1.82) is 0 Å². The summed E-state index contributed by atoms with van der Waals surface area (Å²) in [4.78, 5) is 15.4. The van der Waals surface area contributed by atoms with Crippen molar-refractivity contribution >= 4 is 43.5 Å². The Morgan fingerprint density at radius 2 is 2.12 bits per heavy atom. The van der Waals surface area contributed by atoms with Crippen LogP contribution in [0.25, 0.3) is 0 Å². The summed E-state index contributed by atoms with van der Waals surface area (Å²) >= 11 is 6.70. The van der Waals surface area contributed by atoms with Gasteiger partial charge in [-0.05, 0) is 50.1 Å². The number of anilines is 1. The van der Waals surface area contributed by atoms with Crippen LogP contribution in [-0.2, 0) is 0 Å². The highest BCUT2D eigenvalue weighted by Gasteiger charge is 2.09. The summed E-state index contributed by atoms with van der Waals surface area (Å²) in [5.41, 5.74) is 0.677. The first-order valence-electron chi connectivity index (χ1n) is 4.28. The van der Waals surface area contributed by atoms with Gasteiger partial charge < -0.3 is 5.32 Å². The Morgan fingerprint density at radius 1 is 1.31 bits per heavy atom. The molecule has 1 amide bonds. The number of hydrogen-bond donors (Lipinski definition) is 2. The van der Waals surface area contributed by atoms with Gasteiger partial charge in [-0.1, -0.05) is 0 Å². The van der Waals surface area contributed by atoms with Gasteiger partial charge in [0.05, 0.1) is 0 Å². The molecule has 0 unspecified atom stereocenters. The van der Waals surface area contributed by atoms with Crippen molar-refractivity contribution in [3.63, 3.8) is 0 Å². The van der Waals surface area contributed by atoms with Crippen LogP contribution < -0.4 is 5.32 Å². The molecule has 0 fully saturated rings. The topological polar surface area (TPSA) is 70.7 Å². The van der Waals surface area contributed by atoms with E-state index in [1.807, 2.05) is 6.07 Å². The summed E-state index contributed by atoms with van der Waals surface area (Å²) in [5.74, 6) is -0.147. The van der Waals surface area contributed by atoms with E-state index in [9.17, 15) is 4.79 Å². The van der Waals surface area contributed by atoms with Gasteiger partial charge in [-0.2, -0.15) is 5.10 Å². The fourth-order valence-electron chi connectivity index (χ4n) is 1.08. The molecule has 2 aromatic rings. The molecule has 0 spiro atoms. The van der Waals surface area contributed by atoms with Crippen LogP contribution in [0.5, 0.6) is 0 Å². The van der Waals surface area contributed by atoms with Crippen LogP contribution >= 0.6 is 31.9 Å². The van der Waals surface area contributed by atoms with E-state index in [0.717, 1.165) is 8.95 Å². The predicted octanol–water partition coefficient (Wildman–Crippen LogP) is 2.58. The lowest BCUT2D eigenvalue weighted by atomic mass is 10.3. The van der Waals surface area contributed by atoms with Crippen molar-refractivity contribution in [2.24, 2.45) is 0 Å². The monoisotopic (exact) mass is 344 g/mol. The molecule has 0 atom stereocenters. The average molecular weight is 346 g/mol. The minimum atomic E-state index is -0.327. The van der Waals surface area contributed by atoms with Crippen LogP contribution in [0.2, 0.25) is 0 Å². The highest BCUT2D eigenvalue weighted by molar-refractivity contribution is 9.13. The highest BCUT2D eigenvalue weighted by Crippen LogP contribution is 2.26. The number of benzene rings is 1. The number of carbonyl (C=O) groups is 1. The Labute approximate surface area is 108 Å². The molecule has 2 N–H and O–H groups in total. The minimum Gasteiger partial charge on any atom is -0.319 e. The fraction of sp³-hybridized carbons (Fsp3) is 0. The number of nitrogens with zero attached hydrogens (tertiary/aromatic N) is 2. The first kappa shape index (κ1) is 11.3. The molecule has 16 heavy (non-hydrogen) atoms. The van der Waals surface area contributed by atoms with E-state index in [0.29, 0.717) is 5.69 Å². The molecule has 2 rings (SSSR count). The van der Waals surface area contributed by atoms with Gasteiger partial charge in [-0.25, -0.2) is 4.98 Å². The van der Waals surface area contributed by atoms with Gasteiger partial charge >= 0.3 is 0 Å². The third-order valence-corrected chi connectivity index (χ3v) is 3.69. The normalized spacial score (nSPS) is 10.1. The number of halogens is 2. The zero-order valence-electron chi connectivity index (χ0n) is 7.87. The molecule has 0 saturated carbocycles. The van der Waals surface area contributed by atoms with E-state index >= 15 is 0 Å². The van der Waals surface area contributed by atoms with Crippen molar-refractivity contribution in [3.8, 4) is 0 Å². The number of hydrogen-bond acceptors (Lipinski definition) is 3. The van der Waals surface area contributed by atoms with Crippen LogP contribution in [0.1, 0.15) is 10.6 Å². The van der Waals surface area contributed by atoms with Crippen LogP contribution in [0.15, 0.2) is 33.5 Å². The first-order chi connectivity index (χ1) is 7.66. The summed E-state index contributed by atoms with van der Waals surface area (Å²) < 4.78 is 1.79. The van der Waals surface area contributed by atoms with Gasteiger partial charge in [-0.3, -0.25) is 9.89 Å². The molecule has 0 saturated heterocycles. The van der Waals surface area contributed by atoms with Gasteiger partial charge in [0, 0.05) is 14.6 Å². The number of nitrogens with one attached hydrogen (secondary N) is 2. The largest absolute Gasteiger partial charge is 0.319 e. The molecule has 1 aromatic carbocycles. The minimum absolute atomic E-state index is 0.180. The second kappa shape index (κ2) is 4.75. The average Bonchev–Trinajstić information content (AvgIpc) is 2.77. The number of aromatic nitrogens is 3. The van der Waals surface area contributed by atoms with Gasteiger partial charge in [0.1, 0.15) is 6.33 Å². The SMILES string of the molecule is O=C(Nc1ccc(Br)c(Br)c1)c1ncn[nH]1. The standard InChI is InChI=1S/C9H6Br2N4O/c10-6-2-1-5(3-7(6)11)14-9(16)8-12-4-13-15-8/h1-4H,(H,14,16)(H,12,13,15). The molecule has 7 heteroatoms. The Balaban J connectivity index is 2.15. The number of amides is 1. The van der Waals surface area contributed by atoms with Crippen molar-refractivity contribution in [2.75, 3.05) is 5.32 Å². The summed E-state index contributed by atoms with van der Waals surface area (Å²) in [6, 6.07) is 5.40. The Hall–Kier alpha value is -1.21. The van der Waals surface area contributed by atoms with Crippen molar-refractivity contribution in [1.82, 2.24) is 15.2 Å². The number of rotatable bonds is 2. The van der Waals surface area contributed by atoms with E-state index in [1.165, 1.54) is 6.33 Å². The molecule has 1 heterocycles. The molecule has 0 aliphatic carbocycles. The van der Waals surface area contributed by atoms with E-state index in [2.05, 4.69) is 52.4 Å². The van der Waals surface area contributed by atoms with Crippen molar-refractivity contribution in [2.45, 2.75) is 0 Å². The Bertz CT molecular complexity index is 512. The zero-order valence-corrected chi connectivity index (χ0v) is 11.0. The summed E-state index contributed by atoms with van der Waals surface area (Å²) in [6.45, 7) is 0. The Morgan fingerprint density at radius 3 is 2.75 bits per heavy atom. The summed E-state index contributed by atoms with van der Waals surface area (Å²) in [6.07, 6.45) is 1.28. The maximum absolute atomic E-state index is 11.6. The maximum Gasteiger partial charge on any atom is 0.292 e. The van der Waals surface area contributed by atoms with Crippen LogP contribution in [0.3, 0.4) is 0 Å². The van der Waals surface area contributed by atoms with Crippen molar-refractivity contribution in [3.05, 3.63) is 39.3 Å². The predicted molar refractivity (Wildman–Crippen MR) is 66.2 cm³/mol. The van der Waals surface area contributed by atoms with Crippen molar-refractivity contribution < 1.29 is 4.79 Å².